The van der Waals surface area contributed by atoms with E-state index >= 15 is 0 Å². The molecule has 0 radical (unpaired) electrons. The third-order valence-electron chi connectivity index (χ3n) is 1.86. The van der Waals surface area contributed by atoms with Gasteiger partial charge in [-0.25, -0.2) is 0 Å². The quantitative estimate of drug-likeness (QED) is 0.441. The Bertz CT molecular complexity index is 461. The van der Waals surface area contributed by atoms with Gasteiger partial charge in [-0.2, -0.15) is 5.26 Å². The van der Waals surface area contributed by atoms with Gasteiger partial charge in [0.05, 0.1) is 16.6 Å². The van der Waals surface area contributed by atoms with Crippen molar-refractivity contribution in [2.24, 2.45) is 0 Å². The first-order valence-corrected chi connectivity index (χ1v) is 4.61. The number of nitriles is 1. The number of allylic oxidation sites excluding steroid dienone is 1. The monoisotopic (exact) mass is 218 g/mol. The zero-order valence-corrected chi connectivity index (χ0v) is 8.71. The molecule has 5 nitrogen and oxygen atoms in total. The number of nitro groups is 1. The molecule has 1 aromatic rings. The van der Waals surface area contributed by atoms with Gasteiger partial charge in [0.1, 0.15) is 6.61 Å². The predicted octanol–water partition coefficient (Wildman–Crippen LogP) is 2.42. The molecule has 0 saturated heterocycles. The van der Waals surface area contributed by atoms with Crippen molar-refractivity contribution in [3.8, 4) is 11.8 Å². The van der Waals surface area contributed by atoms with Crippen molar-refractivity contribution in [3.05, 3.63) is 46.0 Å². The highest BCUT2D eigenvalue weighted by Gasteiger charge is 2.15. The SMILES string of the molecule is C/C=C/COc1ccc(C#N)cc1[N+](=O)[O-]. The lowest BCUT2D eigenvalue weighted by atomic mass is 10.2. The van der Waals surface area contributed by atoms with Crippen LogP contribution in [0.5, 0.6) is 5.75 Å². The molecule has 16 heavy (non-hydrogen) atoms. The summed E-state index contributed by atoms with van der Waals surface area (Å²) < 4.78 is 5.20. The van der Waals surface area contributed by atoms with Gasteiger partial charge in [-0.05, 0) is 19.1 Å². The molecule has 0 heterocycles. The number of nitrogens with zero attached hydrogens (tertiary/aromatic N) is 2. The summed E-state index contributed by atoms with van der Waals surface area (Å²) in [4.78, 5) is 10.2. The van der Waals surface area contributed by atoms with Crippen LogP contribution in [0, 0.1) is 21.4 Å². The molecule has 0 aromatic heterocycles. The maximum atomic E-state index is 10.7. The number of ether oxygens (including phenoxy) is 1. The number of benzene rings is 1. The molecular formula is C11H10N2O3. The summed E-state index contributed by atoms with van der Waals surface area (Å²) in [5.41, 5.74) is 0.0497. The van der Waals surface area contributed by atoms with E-state index in [1.54, 1.807) is 12.2 Å². The summed E-state index contributed by atoms with van der Waals surface area (Å²) >= 11 is 0. The van der Waals surface area contributed by atoms with E-state index in [9.17, 15) is 10.1 Å². The molecule has 0 N–H and O–H groups in total. The molecular weight excluding hydrogens is 208 g/mol. The van der Waals surface area contributed by atoms with E-state index in [2.05, 4.69) is 0 Å². The van der Waals surface area contributed by atoms with Crippen LogP contribution in [0.3, 0.4) is 0 Å². The minimum Gasteiger partial charge on any atom is -0.483 e. The molecule has 0 spiro atoms. The molecule has 0 aliphatic heterocycles. The maximum Gasteiger partial charge on any atom is 0.312 e. The van der Waals surface area contributed by atoms with E-state index in [-0.39, 0.29) is 23.6 Å². The highest BCUT2D eigenvalue weighted by molar-refractivity contribution is 5.51. The average molecular weight is 218 g/mol. The molecule has 0 fully saturated rings. The maximum absolute atomic E-state index is 10.7. The molecule has 0 aliphatic carbocycles. The molecule has 0 atom stereocenters. The van der Waals surface area contributed by atoms with Crippen molar-refractivity contribution in [2.75, 3.05) is 6.61 Å². The molecule has 0 unspecified atom stereocenters. The van der Waals surface area contributed by atoms with Crippen LogP contribution in [0.15, 0.2) is 30.4 Å². The Morgan fingerprint density at radius 3 is 2.94 bits per heavy atom. The molecule has 5 heteroatoms. The van der Waals surface area contributed by atoms with E-state index in [1.165, 1.54) is 18.2 Å². The molecule has 0 amide bonds. The summed E-state index contributed by atoms with van der Waals surface area (Å²) in [6.45, 7) is 2.10. The number of hydrogen-bond donors (Lipinski definition) is 0. The van der Waals surface area contributed by atoms with Crippen LogP contribution >= 0.6 is 0 Å². The van der Waals surface area contributed by atoms with Gasteiger partial charge in [0.25, 0.3) is 0 Å². The van der Waals surface area contributed by atoms with Crippen molar-refractivity contribution in [3.63, 3.8) is 0 Å². The summed E-state index contributed by atoms with van der Waals surface area (Å²) in [7, 11) is 0. The van der Waals surface area contributed by atoms with Gasteiger partial charge >= 0.3 is 5.69 Å². The third-order valence-corrected chi connectivity index (χ3v) is 1.86. The Balaban J connectivity index is 2.99. The van der Waals surface area contributed by atoms with Gasteiger partial charge in [-0.15, -0.1) is 0 Å². The van der Waals surface area contributed by atoms with Crippen molar-refractivity contribution in [1.82, 2.24) is 0 Å². The first kappa shape index (κ1) is 11.7. The Morgan fingerprint density at radius 2 is 2.38 bits per heavy atom. The highest BCUT2D eigenvalue weighted by atomic mass is 16.6. The lowest BCUT2D eigenvalue weighted by Crippen LogP contribution is -1.98. The fourth-order valence-electron chi connectivity index (χ4n) is 1.09. The molecule has 82 valence electrons. The predicted molar refractivity (Wildman–Crippen MR) is 58.1 cm³/mol. The first-order valence-electron chi connectivity index (χ1n) is 4.61. The first-order chi connectivity index (χ1) is 7.69. The smallest absolute Gasteiger partial charge is 0.312 e. The van der Waals surface area contributed by atoms with Gasteiger partial charge in [0.2, 0.25) is 0 Å². The summed E-state index contributed by atoms with van der Waals surface area (Å²) in [5.74, 6) is 0.169. The van der Waals surface area contributed by atoms with E-state index in [0.717, 1.165) is 0 Å². The zero-order valence-electron chi connectivity index (χ0n) is 8.71. The minimum atomic E-state index is -0.564. The van der Waals surface area contributed by atoms with Crippen LogP contribution in [0.25, 0.3) is 0 Å². The van der Waals surface area contributed by atoms with Crippen molar-refractivity contribution in [2.45, 2.75) is 6.92 Å². The standard InChI is InChI=1S/C11H10N2O3/c1-2-3-6-16-11-5-4-9(8-12)7-10(11)13(14)15/h2-5,7H,6H2,1H3/b3-2+. The van der Waals surface area contributed by atoms with Gasteiger partial charge in [-0.3, -0.25) is 10.1 Å². The van der Waals surface area contributed by atoms with Gasteiger partial charge in [0.15, 0.2) is 5.75 Å². The summed E-state index contributed by atoms with van der Waals surface area (Å²) in [6, 6.07) is 5.96. The lowest BCUT2D eigenvalue weighted by Gasteiger charge is -2.03. The fraction of sp³-hybridized carbons (Fsp3) is 0.182. The van der Waals surface area contributed by atoms with Crippen LogP contribution in [-0.2, 0) is 0 Å². The van der Waals surface area contributed by atoms with E-state index < -0.39 is 4.92 Å². The average Bonchev–Trinajstić information content (AvgIpc) is 2.29. The van der Waals surface area contributed by atoms with Crippen LogP contribution in [-0.4, -0.2) is 11.5 Å². The van der Waals surface area contributed by atoms with E-state index in [0.29, 0.717) is 0 Å². The van der Waals surface area contributed by atoms with Crippen LogP contribution in [0.4, 0.5) is 5.69 Å². The Kier molecular flexibility index (Phi) is 4.04. The minimum absolute atomic E-state index is 0.169. The van der Waals surface area contributed by atoms with E-state index in [1.807, 2.05) is 13.0 Å². The molecule has 1 aromatic carbocycles. The van der Waals surface area contributed by atoms with Gasteiger partial charge in [-0.1, -0.05) is 12.2 Å². The number of nitro benzene ring substituents is 1. The van der Waals surface area contributed by atoms with Crippen molar-refractivity contribution >= 4 is 5.69 Å². The largest absolute Gasteiger partial charge is 0.483 e. The van der Waals surface area contributed by atoms with Gasteiger partial charge < -0.3 is 4.74 Å². The second kappa shape index (κ2) is 5.51. The van der Waals surface area contributed by atoms with Crippen LogP contribution in [0.1, 0.15) is 12.5 Å². The lowest BCUT2D eigenvalue weighted by molar-refractivity contribution is -0.385. The zero-order chi connectivity index (χ0) is 12.0. The third kappa shape index (κ3) is 2.82. The summed E-state index contributed by atoms with van der Waals surface area (Å²) in [6.07, 6.45) is 3.53. The fourth-order valence-corrected chi connectivity index (χ4v) is 1.09. The van der Waals surface area contributed by atoms with Crippen LogP contribution in [0.2, 0.25) is 0 Å². The Morgan fingerprint density at radius 1 is 1.62 bits per heavy atom. The van der Waals surface area contributed by atoms with Crippen molar-refractivity contribution in [1.29, 1.82) is 5.26 Å². The highest BCUT2D eigenvalue weighted by Crippen LogP contribution is 2.27. The molecule has 0 bridgehead atoms. The molecule has 0 saturated carbocycles. The Labute approximate surface area is 92.7 Å². The molecule has 0 aliphatic rings. The molecule has 1 rings (SSSR count). The number of rotatable bonds is 4. The van der Waals surface area contributed by atoms with Crippen molar-refractivity contribution < 1.29 is 9.66 Å². The second-order valence-electron chi connectivity index (χ2n) is 2.93. The second-order valence-corrected chi connectivity index (χ2v) is 2.93. The van der Waals surface area contributed by atoms with Gasteiger partial charge in [0, 0.05) is 6.07 Å². The van der Waals surface area contributed by atoms with Crippen LogP contribution < -0.4 is 4.74 Å². The Hall–Kier alpha value is -2.35. The number of hydrogen-bond acceptors (Lipinski definition) is 4. The summed E-state index contributed by atoms with van der Waals surface area (Å²) in [5, 5.41) is 19.3. The topological polar surface area (TPSA) is 76.2 Å². The normalized spacial score (nSPS) is 10.0. The van der Waals surface area contributed by atoms with E-state index in [4.69, 9.17) is 10.00 Å².